The lowest BCUT2D eigenvalue weighted by Gasteiger charge is -2.27. The zero-order valence-electron chi connectivity index (χ0n) is 10.7. The van der Waals surface area contributed by atoms with E-state index in [-0.39, 0.29) is 0 Å². The summed E-state index contributed by atoms with van der Waals surface area (Å²) < 4.78 is 0. The van der Waals surface area contributed by atoms with Crippen LogP contribution in [0.2, 0.25) is 0 Å². The van der Waals surface area contributed by atoms with Crippen molar-refractivity contribution in [3.8, 4) is 5.75 Å². The normalized spacial score (nSPS) is 18.9. The molecule has 3 heteroatoms. The molecule has 0 aromatic heterocycles. The maximum absolute atomic E-state index is 9.42. The highest BCUT2D eigenvalue weighted by atomic mass is 16.3. The van der Waals surface area contributed by atoms with Gasteiger partial charge in [-0.2, -0.15) is 0 Å². The Morgan fingerprint density at radius 3 is 3.06 bits per heavy atom. The van der Waals surface area contributed by atoms with Gasteiger partial charge in [-0.05, 0) is 49.1 Å². The minimum Gasteiger partial charge on any atom is -0.508 e. The fourth-order valence-corrected chi connectivity index (χ4v) is 2.25. The number of aromatic hydroxyl groups is 1. The van der Waals surface area contributed by atoms with E-state index >= 15 is 0 Å². The van der Waals surface area contributed by atoms with E-state index in [2.05, 4.69) is 24.5 Å². The number of phenols is 1. The van der Waals surface area contributed by atoms with Gasteiger partial charge in [-0.25, -0.2) is 0 Å². The predicted molar refractivity (Wildman–Crippen MR) is 71.5 cm³/mol. The van der Waals surface area contributed by atoms with Gasteiger partial charge in [0.2, 0.25) is 0 Å². The number of anilines is 1. The molecule has 1 aliphatic rings. The molecule has 0 saturated heterocycles. The second-order valence-electron chi connectivity index (χ2n) is 5.27. The fourth-order valence-electron chi connectivity index (χ4n) is 2.25. The number of benzene rings is 1. The van der Waals surface area contributed by atoms with Crippen molar-refractivity contribution in [2.45, 2.75) is 32.7 Å². The van der Waals surface area contributed by atoms with E-state index in [1.165, 1.54) is 11.3 Å². The molecule has 2 rings (SSSR count). The Labute approximate surface area is 103 Å². The third-order valence-electron chi connectivity index (χ3n) is 3.15. The summed E-state index contributed by atoms with van der Waals surface area (Å²) in [7, 11) is 0. The van der Waals surface area contributed by atoms with Crippen LogP contribution < -0.4 is 10.6 Å². The van der Waals surface area contributed by atoms with Gasteiger partial charge in [0.25, 0.3) is 0 Å². The van der Waals surface area contributed by atoms with Crippen LogP contribution in [0.15, 0.2) is 18.2 Å². The van der Waals surface area contributed by atoms with Crippen LogP contribution in [0.4, 0.5) is 5.69 Å². The molecule has 1 aromatic rings. The van der Waals surface area contributed by atoms with E-state index in [4.69, 9.17) is 0 Å². The lowest BCUT2D eigenvalue weighted by Crippen LogP contribution is -2.37. The van der Waals surface area contributed by atoms with Crippen LogP contribution in [-0.2, 0) is 6.42 Å². The largest absolute Gasteiger partial charge is 0.508 e. The zero-order chi connectivity index (χ0) is 12.3. The molecule has 1 heterocycles. The first-order valence-corrected chi connectivity index (χ1v) is 6.44. The van der Waals surface area contributed by atoms with Crippen molar-refractivity contribution in [3.05, 3.63) is 23.8 Å². The van der Waals surface area contributed by atoms with Gasteiger partial charge in [-0.3, -0.25) is 0 Å². The molecule has 3 N–H and O–H groups in total. The maximum Gasteiger partial charge on any atom is 0.116 e. The first-order valence-electron chi connectivity index (χ1n) is 6.44. The Kier molecular flexibility index (Phi) is 3.89. The van der Waals surface area contributed by atoms with Gasteiger partial charge in [-0.15, -0.1) is 0 Å². The molecule has 1 unspecified atom stereocenters. The van der Waals surface area contributed by atoms with Gasteiger partial charge >= 0.3 is 0 Å². The first-order chi connectivity index (χ1) is 8.15. The van der Waals surface area contributed by atoms with E-state index in [1.54, 1.807) is 6.07 Å². The molecule has 1 atom stereocenters. The minimum absolute atomic E-state index is 0.363. The van der Waals surface area contributed by atoms with Crippen LogP contribution in [0, 0.1) is 5.92 Å². The summed E-state index contributed by atoms with van der Waals surface area (Å²) in [6.45, 7) is 6.53. The summed E-state index contributed by atoms with van der Waals surface area (Å²) in [6, 6.07) is 6.08. The number of nitrogens with one attached hydrogen (secondary N) is 2. The number of phenolic OH excluding ortho intramolecular Hbond substituents is 1. The van der Waals surface area contributed by atoms with Crippen molar-refractivity contribution < 1.29 is 5.11 Å². The monoisotopic (exact) mass is 234 g/mol. The number of rotatable bonds is 4. The molecule has 0 saturated carbocycles. The smallest absolute Gasteiger partial charge is 0.116 e. The number of hydrogen-bond donors (Lipinski definition) is 3. The van der Waals surface area contributed by atoms with Crippen molar-refractivity contribution in [3.63, 3.8) is 0 Å². The molecule has 0 bridgehead atoms. The maximum atomic E-state index is 9.42. The number of hydrogen-bond acceptors (Lipinski definition) is 3. The average Bonchev–Trinajstić information content (AvgIpc) is 2.29. The van der Waals surface area contributed by atoms with E-state index in [1.807, 2.05) is 12.1 Å². The summed E-state index contributed by atoms with van der Waals surface area (Å²) >= 11 is 0. The van der Waals surface area contributed by atoms with E-state index in [0.29, 0.717) is 17.7 Å². The molecular weight excluding hydrogens is 212 g/mol. The predicted octanol–water partition coefficient (Wildman–Crippen LogP) is 2.36. The van der Waals surface area contributed by atoms with Crippen LogP contribution in [0.3, 0.4) is 0 Å². The molecule has 0 aliphatic carbocycles. The van der Waals surface area contributed by atoms with Crippen LogP contribution in [-0.4, -0.2) is 24.2 Å². The third-order valence-corrected chi connectivity index (χ3v) is 3.15. The molecule has 1 aliphatic heterocycles. The highest BCUT2D eigenvalue weighted by molar-refractivity contribution is 5.56. The Morgan fingerprint density at radius 1 is 1.47 bits per heavy atom. The fraction of sp³-hybridized carbons (Fsp3) is 0.571. The van der Waals surface area contributed by atoms with Gasteiger partial charge in [0, 0.05) is 18.3 Å². The van der Waals surface area contributed by atoms with Crippen molar-refractivity contribution in [1.29, 1.82) is 0 Å². The van der Waals surface area contributed by atoms with Gasteiger partial charge in [0.15, 0.2) is 0 Å². The average molecular weight is 234 g/mol. The molecule has 0 spiro atoms. The van der Waals surface area contributed by atoms with E-state index in [0.717, 1.165) is 25.9 Å². The van der Waals surface area contributed by atoms with Crippen molar-refractivity contribution in [2.75, 3.05) is 18.4 Å². The summed E-state index contributed by atoms with van der Waals surface area (Å²) in [6.07, 6.45) is 2.17. The second kappa shape index (κ2) is 5.41. The highest BCUT2D eigenvalue weighted by Gasteiger charge is 2.17. The first kappa shape index (κ1) is 12.2. The Bertz CT molecular complexity index is 376. The molecule has 94 valence electrons. The van der Waals surface area contributed by atoms with Gasteiger partial charge in [-0.1, -0.05) is 13.8 Å². The quantitative estimate of drug-likeness (QED) is 0.701. The summed E-state index contributed by atoms with van der Waals surface area (Å²) in [5, 5.41) is 16.4. The van der Waals surface area contributed by atoms with E-state index in [9.17, 15) is 5.11 Å². The molecule has 3 nitrogen and oxygen atoms in total. The Morgan fingerprint density at radius 2 is 2.29 bits per heavy atom. The van der Waals surface area contributed by atoms with Crippen LogP contribution in [0.1, 0.15) is 25.8 Å². The number of fused-ring (bicyclic) bond motifs is 1. The van der Waals surface area contributed by atoms with Crippen LogP contribution in [0.25, 0.3) is 0 Å². The van der Waals surface area contributed by atoms with Crippen molar-refractivity contribution in [1.82, 2.24) is 5.32 Å². The number of aryl methyl sites for hydroxylation is 1. The van der Waals surface area contributed by atoms with E-state index < -0.39 is 0 Å². The third kappa shape index (κ3) is 3.37. The SMILES string of the molecule is CC(C)CNCC1CCc2cc(O)ccc2N1. The van der Waals surface area contributed by atoms with Crippen molar-refractivity contribution in [2.24, 2.45) is 5.92 Å². The zero-order valence-corrected chi connectivity index (χ0v) is 10.7. The standard InChI is InChI=1S/C14H22N2O/c1-10(2)8-15-9-12-4-3-11-7-13(17)5-6-14(11)16-12/h5-7,10,12,15-17H,3-4,8-9H2,1-2H3. The molecular formula is C14H22N2O. The van der Waals surface area contributed by atoms with Crippen LogP contribution >= 0.6 is 0 Å². The van der Waals surface area contributed by atoms with Crippen molar-refractivity contribution >= 4 is 5.69 Å². The van der Waals surface area contributed by atoms with Crippen LogP contribution in [0.5, 0.6) is 5.75 Å². The molecule has 0 amide bonds. The Hall–Kier alpha value is -1.22. The second-order valence-corrected chi connectivity index (χ2v) is 5.27. The summed E-state index contributed by atoms with van der Waals surface area (Å²) in [5.41, 5.74) is 2.40. The highest BCUT2D eigenvalue weighted by Crippen LogP contribution is 2.27. The lowest BCUT2D eigenvalue weighted by atomic mass is 9.98. The lowest BCUT2D eigenvalue weighted by molar-refractivity contribution is 0.472. The van der Waals surface area contributed by atoms with Gasteiger partial charge < -0.3 is 15.7 Å². The van der Waals surface area contributed by atoms with Gasteiger partial charge in [0.05, 0.1) is 0 Å². The van der Waals surface area contributed by atoms with Gasteiger partial charge in [0.1, 0.15) is 5.75 Å². The molecule has 0 fully saturated rings. The molecule has 0 radical (unpaired) electrons. The molecule has 1 aromatic carbocycles. The minimum atomic E-state index is 0.363. The summed E-state index contributed by atoms with van der Waals surface area (Å²) in [4.78, 5) is 0. The topological polar surface area (TPSA) is 44.3 Å². The Balaban J connectivity index is 1.88. The summed E-state index contributed by atoms with van der Waals surface area (Å²) in [5.74, 6) is 1.06. The molecule has 17 heavy (non-hydrogen) atoms.